The summed E-state index contributed by atoms with van der Waals surface area (Å²) in [5.41, 5.74) is 2.77. The summed E-state index contributed by atoms with van der Waals surface area (Å²) in [6, 6.07) is 9.59. The van der Waals surface area contributed by atoms with E-state index in [9.17, 15) is 0 Å². The van der Waals surface area contributed by atoms with Crippen molar-refractivity contribution < 1.29 is 0 Å². The summed E-state index contributed by atoms with van der Waals surface area (Å²) in [5.74, 6) is 0. The van der Waals surface area contributed by atoms with Crippen molar-refractivity contribution in [3.8, 4) is 0 Å². The second-order valence-corrected chi connectivity index (χ2v) is 5.48. The molecule has 1 aromatic carbocycles. The molecule has 0 unspecified atom stereocenters. The number of likely N-dealkylation sites (N-methyl/N-ethyl adjacent to an activating group) is 1. The van der Waals surface area contributed by atoms with E-state index < -0.39 is 0 Å². The highest BCUT2D eigenvalue weighted by Gasteiger charge is 2.21. The maximum absolute atomic E-state index is 3.59. The zero-order valence-electron chi connectivity index (χ0n) is 11.2. The van der Waals surface area contributed by atoms with Crippen LogP contribution in [0.1, 0.15) is 19.3 Å². The van der Waals surface area contributed by atoms with Crippen molar-refractivity contribution in [3.63, 3.8) is 0 Å². The third kappa shape index (κ3) is 2.61. The molecular formula is C15H23N3. The maximum Gasteiger partial charge on any atom is 0.0604 e. The van der Waals surface area contributed by atoms with Crippen LogP contribution in [-0.2, 0) is 0 Å². The van der Waals surface area contributed by atoms with Gasteiger partial charge in [0.2, 0.25) is 0 Å². The minimum absolute atomic E-state index is 0.838. The average Bonchev–Trinajstić information content (AvgIpc) is 3.21. The molecule has 0 amide bonds. The van der Waals surface area contributed by atoms with Gasteiger partial charge in [0.15, 0.2) is 0 Å². The molecule has 3 nitrogen and oxygen atoms in total. The van der Waals surface area contributed by atoms with E-state index in [1.807, 2.05) is 0 Å². The van der Waals surface area contributed by atoms with Gasteiger partial charge in [-0.2, -0.15) is 0 Å². The van der Waals surface area contributed by atoms with Crippen molar-refractivity contribution >= 4 is 11.4 Å². The Balaban J connectivity index is 1.57. The van der Waals surface area contributed by atoms with Crippen LogP contribution in [0.5, 0.6) is 0 Å². The van der Waals surface area contributed by atoms with Gasteiger partial charge < -0.3 is 15.1 Å². The molecule has 98 valence electrons. The minimum Gasteiger partial charge on any atom is -0.371 e. The predicted octanol–water partition coefficient (Wildman–Crippen LogP) is 2.08. The van der Waals surface area contributed by atoms with Crippen molar-refractivity contribution in [2.45, 2.75) is 25.3 Å². The first-order valence-electron chi connectivity index (χ1n) is 7.13. The molecule has 1 aliphatic carbocycles. The molecular weight excluding hydrogens is 222 g/mol. The Morgan fingerprint density at radius 1 is 1.17 bits per heavy atom. The van der Waals surface area contributed by atoms with Crippen molar-refractivity contribution in [3.05, 3.63) is 24.3 Å². The normalized spacial score (nSPS) is 18.9. The molecule has 18 heavy (non-hydrogen) atoms. The first-order valence-corrected chi connectivity index (χ1v) is 7.13. The van der Waals surface area contributed by atoms with E-state index in [1.54, 1.807) is 0 Å². The lowest BCUT2D eigenvalue weighted by Crippen LogP contribution is -2.40. The first kappa shape index (κ1) is 11.8. The molecule has 0 radical (unpaired) electrons. The molecule has 0 saturated heterocycles. The van der Waals surface area contributed by atoms with E-state index >= 15 is 0 Å². The highest BCUT2D eigenvalue weighted by atomic mass is 15.2. The summed E-state index contributed by atoms with van der Waals surface area (Å²) < 4.78 is 0. The Morgan fingerprint density at radius 2 is 1.94 bits per heavy atom. The van der Waals surface area contributed by atoms with Crippen LogP contribution in [-0.4, -0.2) is 39.3 Å². The molecule has 0 spiro atoms. The number of fused-ring (bicyclic) bond motifs is 1. The summed E-state index contributed by atoms with van der Waals surface area (Å²) in [5, 5.41) is 3.59. The average molecular weight is 245 g/mol. The van der Waals surface area contributed by atoms with Crippen molar-refractivity contribution in [2.75, 3.05) is 43.0 Å². The van der Waals surface area contributed by atoms with Crippen LogP contribution in [0.15, 0.2) is 24.3 Å². The molecule has 1 aromatic rings. The number of benzene rings is 1. The third-order valence-corrected chi connectivity index (χ3v) is 3.95. The van der Waals surface area contributed by atoms with E-state index in [0.29, 0.717) is 0 Å². The number of anilines is 2. The van der Waals surface area contributed by atoms with Crippen LogP contribution < -0.4 is 15.1 Å². The van der Waals surface area contributed by atoms with Gasteiger partial charge in [-0.25, -0.2) is 0 Å². The van der Waals surface area contributed by atoms with Crippen LogP contribution in [0.25, 0.3) is 0 Å². The van der Waals surface area contributed by atoms with Gasteiger partial charge in [-0.3, -0.25) is 0 Å². The molecule has 1 N–H and O–H groups in total. The fourth-order valence-corrected chi connectivity index (χ4v) is 2.66. The monoisotopic (exact) mass is 245 g/mol. The topological polar surface area (TPSA) is 18.5 Å². The second kappa shape index (κ2) is 5.19. The van der Waals surface area contributed by atoms with Crippen LogP contribution in [0.2, 0.25) is 0 Å². The van der Waals surface area contributed by atoms with E-state index in [0.717, 1.165) is 19.1 Å². The summed E-state index contributed by atoms with van der Waals surface area (Å²) in [6.45, 7) is 4.62. The Morgan fingerprint density at radius 3 is 2.72 bits per heavy atom. The predicted molar refractivity (Wildman–Crippen MR) is 77.6 cm³/mol. The number of hydrogen-bond donors (Lipinski definition) is 1. The van der Waals surface area contributed by atoms with Crippen molar-refractivity contribution in [1.82, 2.24) is 5.32 Å². The second-order valence-electron chi connectivity index (χ2n) is 5.48. The SMILES string of the molecule is CN1CCN(CCCNC2CC2)c2ccccc21. The standard InChI is InChI=1S/C15H23N3/c1-17-11-12-18(10-4-9-16-13-7-8-13)15-6-3-2-5-14(15)17/h2-3,5-6,13,16H,4,7-12H2,1H3. The lowest BCUT2D eigenvalue weighted by atomic mass is 10.1. The lowest BCUT2D eigenvalue weighted by Gasteiger charge is -2.37. The van der Waals surface area contributed by atoms with Crippen molar-refractivity contribution in [1.29, 1.82) is 0 Å². The lowest BCUT2D eigenvalue weighted by molar-refractivity contribution is 0.622. The maximum atomic E-state index is 3.59. The largest absolute Gasteiger partial charge is 0.371 e. The van der Waals surface area contributed by atoms with Crippen LogP contribution in [0, 0.1) is 0 Å². The minimum atomic E-state index is 0.838. The van der Waals surface area contributed by atoms with Gasteiger partial charge in [0.05, 0.1) is 11.4 Å². The van der Waals surface area contributed by atoms with E-state index in [4.69, 9.17) is 0 Å². The summed E-state index contributed by atoms with van der Waals surface area (Å²) >= 11 is 0. The van der Waals surface area contributed by atoms with Crippen LogP contribution >= 0.6 is 0 Å². The number of rotatable bonds is 5. The molecule has 1 fully saturated rings. The molecule has 0 aromatic heterocycles. The number of para-hydroxylation sites is 2. The van der Waals surface area contributed by atoms with Gasteiger partial charge in [0, 0.05) is 32.7 Å². The van der Waals surface area contributed by atoms with Gasteiger partial charge in [0.25, 0.3) is 0 Å². The molecule has 3 heteroatoms. The molecule has 3 rings (SSSR count). The van der Waals surface area contributed by atoms with Gasteiger partial charge >= 0.3 is 0 Å². The first-order chi connectivity index (χ1) is 8.84. The zero-order chi connectivity index (χ0) is 12.4. The Hall–Kier alpha value is -1.22. The van der Waals surface area contributed by atoms with Gasteiger partial charge in [-0.1, -0.05) is 12.1 Å². The van der Waals surface area contributed by atoms with E-state index in [-0.39, 0.29) is 0 Å². The van der Waals surface area contributed by atoms with Gasteiger partial charge in [-0.15, -0.1) is 0 Å². The zero-order valence-corrected chi connectivity index (χ0v) is 11.2. The van der Waals surface area contributed by atoms with Gasteiger partial charge in [-0.05, 0) is 37.9 Å². The quantitative estimate of drug-likeness (QED) is 0.801. The highest BCUT2D eigenvalue weighted by Crippen LogP contribution is 2.31. The fourth-order valence-electron chi connectivity index (χ4n) is 2.66. The smallest absolute Gasteiger partial charge is 0.0604 e. The Bertz CT molecular complexity index is 400. The molecule has 1 aliphatic heterocycles. The van der Waals surface area contributed by atoms with Crippen LogP contribution in [0.3, 0.4) is 0 Å². The molecule has 1 saturated carbocycles. The third-order valence-electron chi connectivity index (χ3n) is 3.95. The number of nitrogens with one attached hydrogen (secondary N) is 1. The van der Waals surface area contributed by atoms with Crippen LogP contribution in [0.4, 0.5) is 11.4 Å². The van der Waals surface area contributed by atoms with E-state index in [2.05, 4.69) is 46.4 Å². The molecule has 2 aliphatic rings. The highest BCUT2D eigenvalue weighted by molar-refractivity contribution is 5.72. The van der Waals surface area contributed by atoms with E-state index in [1.165, 1.54) is 43.7 Å². The Kier molecular flexibility index (Phi) is 3.41. The summed E-state index contributed by atoms with van der Waals surface area (Å²) in [6.07, 6.45) is 4.02. The fraction of sp³-hybridized carbons (Fsp3) is 0.600. The summed E-state index contributed by atoms with van der Waals surface area (Å²) in [4.78, 5) is 4.89. The molecule has 0 bridgehead atoms. The van der Waals surface area contributed by atoms with Gasteiger partial charge in [0.1, 0.15) is 0 Å². The number of hydrogen-bond acceptors (Lipinski definition) is 3. The Labute approximate surface area is 110 Å². The summed E-state index contributed by atoms with van der Waals surface area (Å²) in [7, 11) is 2.19. The molecule has 0 atom stereocenters. The number of nitrogens with zero attached hydrogens (tertiary/aromatic N) is 2. The molecule has 1 heterocycles. The van der Waals surface area contributed by atoms with Crippen molar-refractivity contribution in [2.24, 2.45) is 0 Å².